The molecule has 0 saturated carbocycles. The highest BCUT2D eigenvalue weighted by atomic mass is 35.5. The number of halogens is 1. The van der Waals surface area contributed by atoms with Gasteiger partial charge in [0.25, 0.3) is 5.91 Å². The van der Waals surface area contributed by atoms with Gasteiger partial charge in [-0.15, -0.1) is 11.6 Å². The van der Waals surface area contributed by atoms with Crippen molar-refractivity contribution in [2.24, 2.45) is 0 Å². The molecule has 1 aromatic heterocycles. The number of carbonyl (C=O) groups is 1. The number of benzene rings is 2. The van der Waals surface area contributed by atoms with E-state index in [1.165, 1.54) is 0 Å². The molecule has 3 aromatic rings. The van der Waals surface area contributed by atoms with E-state index in [-0.39, 0.29) is 11.8 Å². The molecule has 0 fully saturated rings. The van der Waals surface area contributed by atoms with E-state index in [1.54, 1.807) is 25.3 Å². The fourth-order valence-corrected chi connectivity index (χ4v) is 2.50. The molecule has 1 heterocycles. The fraction of sp³-hybridized carbons (Fsp3) is 0.118. The van der Waals surface area contributed by atoms with Crippen molar-refractivity contribution in [1.82, 2.24) is 0 Å². The minimum absolute atomic E-state index is 0.120. The van der Waals surface area contributed by atoms with Gasteiger partial charge in [0.1, 0.15) is 17.1 Å². The molecule has 2 aromatic carbocycles. The number of carbonyl (C=O) groups excluding carboxylic acids is 1. The molecule has 22 heavy (non-hydrogen) atoms. The number of ether oxygens (including phenoxy) is 1. The number of alkyl halides is 1. The molecule has 1 amide bonds. The highest BCUT2D eigenvalue weighted by Gasteiger charge is 2.21. The van der Waals surface area contributed by atoms with Gasteiger partial charge in [0.15, 0.2) is 0 Å². The first-order chi connectivity index (χ1) is 10.7. The lowest BCUT2D eigenvalue weighted by Gasteiger charge is -2.05. The van der Waals surface area contributed by atoms with E-state index >= 15 is 0 Å². The number of para-hydroxylation sites is 1. The second-order valence-corrected chi connectivity index (χ2v) is 4.98. The van der Waals surface area contributed by atoms with E-state index in [0.29, 0.717) is 33.7 Å². The summed E-state index contributed by atoms with van der Waals surface area (Å²) in [5.41, 5.74) is 1.76. The molecule has 0 aliphatic heterocycles. The monoisotopic (exact) mass is 315 g/mol. The third kappa shape index (κ3) is 2.65. The van der Waals surface area contributed by atoms with Crippen LogP contribution in [0.4, 0.5) is 5.69 Å². The molecular formula is C17H14ClNO3. The molecule has 0 bridgehead atoms. The molecule has 1 N–H and O–H groups in total. The Balaban J connectivity index is 2.05. The van der Waals surface area contributed by atoms with Crippen LogP contribution in [0, 0.1) is 0 Å². The van der Waals surface area contributed by atoms with Crippen molar-refractivity contribution >= 4 is 34.2 Å². The molecule has 0 aliphatic carbocycles. The number of furan rings is 1. The molecule has 112 valence electrons. The first-order valence-electron chi connectivity index (χ1n) is 6.74. The lowest BCUT2D eigenvalue weighted by atomic mass is 10.1. The zero-order valence-corrected chi connectivity index (χ0v) is 12.7. The van der Waals surface area contributed by atoms with Crippen molar-refractivity contribution in [2.45, 2.75) is 5.88 Å². The van der Waals surface area contributed by atoms with Crippen LogP contribution in [0.25, 0.3) is 11.0 Å². The lowest BCUT2D eigenvalue weighted by molar-refractivity contribution is 0.102. The summed E-state index contributed by atoms with van der Waals surface area (Å²) in [6.07, 6.45) is 0. The smallest absolute Gasteiger partial charge is 0.259 e. The normalized spacial score (nSPS) is 10.6. The number of nitrogens with one attached hydrogen (secondary N) is 1. The van der Waals surface area contributed by atoms with Gasteiger partial charge in [-0.3, -0.25) is 4.79 Å². The number of hydrogen-bond donors (Lipinski definition) is 1. The van der Waals surface area contributed by atoms with Gasteiger partial charge in [-0.2, -0.15) is 0 Å². The average molecular weight is 316 g/mol. The van der Waals surface area contributed by atoms with Crippen LogP contribution in [-0.4, -0.2) is 13.0 Å². The Kier molecular flexibility index (Phi) is 4.02. The number of hydrogen-bond acceptors (Lipinski definition) is 3. The summed E-state index contributed by atoms with van der Waals surface area (Å²) in [6, 6.07) is 14.6. The summed E-state index contributed by atoms with van der Waals surface area (Å²) in [7, 11) is 1.58. The predicted octanol–water partition coefficient (Wildman–Crippen LogP) is 4.43. The van der Waals surface area contributed by atoms with E-state index in [9.17, 15) is 4.79 Å². The van der Waals surface area contributed by atoms with Crippen molar-refractivity contribution < 1.29 is 13.9 Å². The van der Waals surface area contributed by atoms with Gasteiger partial charge >= 0.3 is 0 Å². The van der Waals surface area contributed by atoms with Crippen LogP contribution >= 0.6 is 11.6 Å². The third-order valence-electron chi connectivity index (χ3n) is 3.35. The number of anilines is 1. The molecular weight excluding hydrogens is 302 g/mol. The maximum atomic E-state index is 12.6. The van der Waals surface area contributed by atoms with Crippen molar-refractivity contribution in [2.75, 3.05) is 12.4 Å². The first-order valence-corrected chi connectivity index (χ1v) is 7.28. The minimum atomic E-state index is -0.256. The number of amides is 1. The highest BCUT2D eigenvalue weighted by molar-refractivity contribution is 6.19. The van der Waals surface area contributed by atoms with Gasteiger partial charge in [-0.05, 0) is 30.3 Å². The summed E-state index contributed by atoms with van der Waals surface area (Å²) in [4.78, 5) is 12.6. The van der Waals surface area contributed by atoms with E-state index in [2.05, 4.69) is 5.32 Å². The van der Waals surface area contributed by atoms with Gasteiger partial charge in [-0.1, -0.05) is 18.2 Å². The van der Waals surface area contributed by atoms with Gasteiger partial charge in [0.05, 0.1) is 18.6 Å². The summed E-state index contributed by atoms with van der Waals surface area (Å²) >= 11 is 5.92. The number of methoxy groups -OCH3 is 1. The Bertz CT molecular complexity index is 811. The summed E-state index contributed by atoms with van der Waals surface area (Å²) in [5, 5.41) is 3.53. The molecule has 4 nitrogen and oxygen atoms in total. The van der Waals surface area contributed by atoms with Crippen LogP contribution < -0.4 is 10.1 Å². The van der Waals surface area contributed by atoms with E-state index in [1.807, 2.05) is 30.3 Å². The highest BCUT2D eigenvalue weighted by Crippen LogP contribution is 2.31. The number of fused-ring (bicyclic) bond motifs is 1. The Morgan fingerprint density at radius 3 is 2.68 bits per heavy atom. The molecule has 0 spiro atoms. The van der Waals surface area contributed by atoms with E-state index in [0.717, 1.165) is 0 Å². The second kappa shape index (κ2) is 6.12. The molecule has 0 saturated heterocycles. The van der Waals surface area contributed by atoms with Gasteiger partial charge < -0.3 is 14.5 Å². The van der Waals surface area contributed by atoms with E-state index in [4.69, 9.17) is 20.8 Å². The maximum absolute atomic E-state index is 12.6. The van der Waals surface area contributed by atoms with Crippen molar-refractivity contribution in [3.8, 4) is 5.75 Å². The minimum Gasteiger partial charge on any atom is -0.497 e. The van der Waals surface area contributed by atoms with Crippen LogP contribution in [0.15, 0.2) is 52.9 Å². The van der Waals surface area contributed by atoms with Crippen LogP contribution in [-0.2, 0) is 5.88 Å². The Morgan fingerprint density at radius 2 is 2.00 bits per heavy atom. The van der Waals surface area contributed by atoms with Gasteiger partial charge in [0, 0.05) is 11.1 Å². The van der Waals surface area contributed by atoms with Gasteiger partial charge in [0.2, 0.25) is 0 Å². The number of rotatable bonds is 4. The largest absolute Gasteiger partial charge is 0.497 e. The average Bonchev–Trinajstić information content (AvgIpc) is 2.93. The summed E-state index contributed by atoms with van der Waals surface area (Å²) in [6.45, 7) is 0. The molecule has 0 radical (unpaired) electrons. The third-order valence-corrected chi connectivity index (χ3v) is 3.59. The Labute approximate surface area is 132 Å². The maximum Gasteiger partial charge on any atom is 0.259 e. The van der Waals surface area contributed by atoms with Crippen LogP contribution in [0.5, 0.6) is 5.75 Å². The molecule has 3 rings (SSSR count). The first kappa shape index (κ1) is 14.5. The predicted molar refractivity (Wildman–Crippen MR) is 86.7 cm³/mol. The molecule has 0 aliphatic rings. The van der Waals surface area contributed by atoms with Crippen LogP contribution in [0.2, 0.25) is 0 Å². The van der Waals surface area contributed by atoms with Crippen molar-refractivity contribution in [3.05, 3.63) is 59.9 Å². The quantitative estimate of drug-likeness (QED) is 0.724. The Hall–Kier alpha value is -2.46. The molecule has 5 heteroatoms. The lowest BCUT2D eigenvalue weighted by Crippen LogP contribution is -2.12. The molecule has 0 atom stereocenters. The standard InChI is InChI=1S/C17H14ClNO3/c1-21-12-7-8-14-13(9-12)16(15(10-18)22-14)17(20)19-11-5-3-2-4-6-11/h2-9H,10H2,1H3,(H,19,20). The Morgan fingerprint density at radius 1 is 1.23 bits per heavy atom. The van der Waals surface area contributed by atoms with Gasteiger partial charge in [-0.25, -0.2) is 0 Å². The SMILES string of the molecule is COc1ccc2oc(CCl)c(C(=O)Nc3ccccc3)c2c1. The van der Waals surface area contributed by atoms with Crippen LogP contribution in [0.3, 0.4) is 0 Å². The topological polar surface area (TPSA) is 51.5 Å². The summed E-state index contributed by atoms with van der Waals surface area (Å²) in [5.74, 6) is 0.963. The second-order valence-electron chi connectivity index (χ2n) is 4.72. The fourth-order valence-electron chi connectivity index (χ4n) is 2.31. The summed E-state index contributed by atoms with van der Waals surface area (Å²) < 4.78 is 10.9. The van der Waals surface area contributed by atoms with Crippen LogP contribution in [0.1, 0.15) is 16.1 Å². The zero-order chi connectivity index (χ0) is 15.5. The van der Waals surface area contributed by atoms with Crippen molar-refractivity contribution in [1.29, 1.82) is 0 Å². The zero-order valence-electron chi connectivity index (χ0n) is 11.9. The van der Waals surface area contributed by atoms with E-state index < -0.39 is 0 Å². The van der Waals surface area contributed by atoms with Crippen molar-refractivity contribution in [3.63, 3.8) is 0 Å². The molecule has 0 unspecified atom stereocenters.